The van der Waals surface area contributed by atoms with Crippen LogP contribution in [0.4, 0.5) is 0 Å². The number of H-pyrrole nitrogens is 1. The molecule has 31 heavy (non-hydrogen) atoms. The van der Waals surface area contributed by atoms with E-state index >= 15 is 0 Å². The van der Waals surface area contributed by atoms with E-state index in [0.29, 0.717) is 24.6 Å². The van der Waals surface area contributed by atoms with Crippen LogP contribution in [0, 0.1) is 6.92 Å². The molecule has 1 aliphatic rings. The normalized spacial score (nSPS) is 18.8. The molecule has 4 rings (SSSR count). The number of methoxy groups -OCH3 is 1. The molecular weight excluding hydrogens is 392 g/mol. The highest BCUT2D eigenvalue weighted by Gasteiger charge is 2.39. The van der Waals surface area contributed by atoms with E-state index in [0.717, 1.165) is 35.6 Å². The first kappa shape index (κ1) is 21.2. The molecule has 2 atom stereocenters. The molecule has 3 aromatic heterocycles. The molecule has 4 heterocycles. The second-order valence-electron chi connectivity index (χ2n) is 8.05. The van der Waals surface area contributed by atoms with Crippen LogP contribution in [0.1, 0.15) is 67.1 Å². The topological polar surface area (TPSA) is 88.9 Å². The minimum Gasteiger partial charge on any atom is -0.380 e. The molecule has 8 nitrogen and oxygen atoms in total. The predicted octanol–water partition coefficient (Wildman–Crippen LogP) is 3.94. The highest BCUT2D eigenvalue weighted by atomic mass is 16.5. The molecule has 1 amide bonds. The number of likely N-dealkylation sites (tertiary alicyclic amines) is 1. The van der Waals surface area contributed by atoms with Gasteiger partial charge >= 0.3 is 0 Å². The largest absolute Gasteiger partial charge is 0.380 e. The molecule has 1 fully saturated rings. The number of pyridine rings is 1. The fraction of sp³-hybridized carbons (Fsp3) is 0.478. The molecule has 1 saturated heterocycles. The highest BCUT2D eigenvalue weighted by molar-refractivity contribution is 5.95. The number of carbonyl (C=O) groups excluding carboxylic acids is 1. The average molecular weight is 423 g/mol. The van der Waals surface area contributed by atoms with Gasteiger partial charge in [-0.1, -0.05) is 13.8 Å². The van der Waals surface area contributed by atoms with Crippen molar-refractivity contribution in [3.63, 3.8) is 0 Å². The smallest absolute Gasteiger partial charge is 0.258 e. The lowest BCUT2D eigenvalue weighted by molar-refractivity contribution is 0.0683. The van der Waals surface area contributed by atoms with Crippen LogP contribution in [0.2, 0.25) is 0 Å². The van der Waals surface area contributed by atoms with Crippen molar-refractivity contribution in [3.8, 4) is 11.3 Å². The molecule has 0 bridgehead atoms. The molecule has 8 heteroatoms. The third-order valence-corrected chi connectivity index (χ3v) is 6.30. The molecule has 0 aromatic carbocycles. The lowest BCUT2D eigenvalue weighted by atomic mass is 10.1. The SMILES string of the molecule is CCC(CC)n1ncc(C(=O)N2C[C@@H](OC)C[C@@H]2c2ncc(-c3cccnc3)[nH]2)c1C. The van der Waals surface area contributed by atoms with Crippen LogP contribution in [-0.2, 0) is 4.74 Å². The van der Waals surface area contributed by atoms with Crippen molar-refractivity contribution in [2.75, 3.05) is 13.7 Å². The summed E-state index contributed by atoms with van der Waals surface area (Å²) in [6, 6.07) is 3.99. The molecule has 0 spiro atoms. The summed E-state index contributed by atoms with van der Waals surface area (Å²) in [5.74, 6) is 0.732. The molecule has 164 valence electrons. The number of imidazole rings is 1. The van der Waals surface area contributed by atoms with Gasteiger partial charge in [-0.2, -0.15) is 5.10 Å². The Kier molecular flexibility index (Phi) is 6.18. The average Bonchev–Trinajstić information content (AvgIpc) is 3.53. The van der Waals surface area contributed by atoms with Crippen LogP contribution in [0.15, 0.2) is 36.9 Å². The Bertz CT molecular complexity index is 1020. The number of carbonyl (C=O) groups is 1. The maximum atomic E-state index is 13.6. The number of ether oxygens (including phenoxy) is 1. The van der Waals surface area contributed by atoms with Gasteiger partial charge in [0, 0.05) is 43.7 Å². The van der Waals surface area contributed by atoms with E-state index < -0.39 is 0 Å². The summed E-state index contributed by atoms with van der Waals surface area (Å²) in [6.07, 6.45) is 9.66. The minimum absolute atomic E-state index is 0.0291. The number of aromatic nitrogens is 5. The van der Waals surface area contributed by atoms with E-state index in [-0.39, 0.29) is 18.1 Å². The lowest BCUT2D eigenvalue weighted by Gasteiger charge is -2.23. The maximum absolute atomic E-state index is 13.6. The first-order valence-electron chi connectivity index (χ1n) is 10.9. The summed E-state index contributed by atoms with van der Waals surface area (Å²) in [5.41, 5.74) is 3.40. The van der Waals surface area contributed by atoms with Gasteiger partial charge in [0.15, 0.2) is 0 Å². The van der Waals surface area contributed by atoms with Crippen LogP contribution in [-0.4, -0.2) is 55.3 Å². The Morgan fingerprint density at radius 1 is 1.29 bits per heavy atom. The monoisotopic (exact) mass is 422 g/mol. The number of nitrogens with zero attached hydrogens (tertiary/aromatic N) is 5. The quantitative estimate of drug-likeness (QED) is 0.623. The van der Waals surface area contributed by atoms with E-state index in [1.165, 1.54) is 0 Å². The Balaban J connectivity index is 1.63. The van der Waals surface area contributed by atoms with Gasteiger partial charge in [-0.25, -0.2) is 4.98 Å². The van der Waals surface area contributed by atoms with Crippen molar-refractivity contribution in [3.05, 3.63) is 54.0 Å². The van der Waals surface area contributed by atoms with Gasteiger partial charge in [0.2, 0.25) is 0 Å². The van der Waals surface area contributed by atoms with Crippen LogP contribution >= 0.6 is 0 Å². The van der Waals surface area contributed by atoms with Gasteiger partial charge in [-0.15, -0.1) is 0 Å². The fourth-order valence-corrected chi connectivity index (χ4v) is 4.42. The molecule has 1 N–H and O–H groups in total. The summed E-state index contributed by atoms with van der Waals surface area (Å²) in [6.45, 7) is 6.80. The molecule has 3 aromatic rings. The van der Waals surface area contributed by atoms with Crippen molar-refractivity contribution in [2.24, 2.45) is 0 Å². The molecular formula is C23H30N6O2. The second-order valence-corrected chi connectivity index (χ2v) is 8.05. The van der Waals surface area contributed by atoms with Crippen molar-refractivity contribution in [2.45, 2.75) is 58.2 Å². The van der Waals surface area contributed by atoms with Crippen LogP contribution in [0.3, 0.4) is 0 Å². The van der Waals surface area contributed by atoms with Gasteiger partial charge in [0.25, 0.3) is 5.91 Å². The van der Waals surface area contributed by atoms with Crippen LogP contribution < -0.4 is 0 Å². The Morgan fingerprint density at radius 2 is 2.10 bits per heavy atom. The van der Waals surface area contributed by atoms with Gasteiger partial charge in [-0.05, 0) is 31.9 Å². The van der Waals surface area contributed by atoms with Crippen molar-refractivity contribution in [1.29, 1.82) is 0 Å². The summed E-state index contributed by atoms with van der Waals surface area (Å²) in [5, 5.41) is 4.54. The minimum atomic E-state index is -0.182. The van der Waals surface area contributed by atoms with Gasteiger partial charge in [-0.3, -0.25) is 14.5 Å². The second kappa shape index (κ2) is 9.01. The Morgan fingerprint density at radius 3 is 2.77 bits per heavy atom. The summed E-state index contributed by atoms with van der Waals surface area (Å²) in [7, 11) is 1.69. The molecule has 0 unspecified atom stereocenters. The zero-order chi connectivity index (χ0) is 22.0. The Hall–Kier alpha value is -3.00. The summed E-state index contributed by atoms with van der Waals surface area (Å²) < 4.78 is 7.60. The molecule has 0 saturated carbocycles. The zero-order valence-electron chi connectivity index (χ0n) is 18.6. The lowest BCUT2D eigenvalue weighted by Crippen LogP contribution is -2.32. The third kappa shape index (κ3) is 3.99. The maximum Gasteiger partial charge on any atom is 0.258 e. The zero-order valence-corrected chi connectivity index (χ0v) is 18.6. The standard InChI is InChI=1S/C23H30N6O2/c1-5-17(6-2)29-15(3)19(12-26-29)23(30)28-14-18(31-4)10-21(28)22-25-13-20(27-22)16-8-7-9-24-11-16/h7-9,11-13,17-18,21H,5-6,10,14H2,1-4H3,(H,25,27)/t18-,21+/m0/s1. The summed E-state index contributed by atoms with van der Waals surface area (Å²) >= 11 is 0. The third-order valence-electron chi connectivity index (χ3n) is 6.30. The Labute approximate surface area is 182 Å². The first-order valence-corrected chi connectivity index (χ1v) is 10.9. The van der Waals surface area contributed by atoms with E-state index in [9.17, 15) is 4.79 Å². The number of hydrogen-bond donors (Lipinski definition) is 1. The van der Waals surface area contributed by atoms with Gasteiger partial charge in [0.1, 0.15) is 5.82 Å². The number of amides is 1. The van der Waals surface area contributed by atoms with Crippen LogP contribution in [0.5, 0.6) is 0 Å². The molecule has 0 aliphatic carbocycles. The predicted molar refractivity (Wildman–Crippen MR) is 118 cm³/mol. The van der Waals surface area contributed by atoms with E-state index in [1.54, 1.807) is 31.9 Å². The molecule has 0 radical (unpaired) electrons. The number of rotatable bonds is 7. The van der Waals surface area contributed by atoms with Crippen molar-refractivity contribution < 1.29 is 9.53 Å². The molecule has 1 aliphatic heterocycles. The van der Waals surface area contributed by atoms with Crippen molar-refractivity contribution in [1.82, 2.24) is 29.6 Å². The first-order chi connectivity index (χ1) is 15.1. The number of nitrogens with one attached hydrogen (secondary N) is 1. The van der Waals surface area contributed by atoms with E-state index in [2.05, 4.69) is 33.9 Å². The van der Waals surface area contributed by atoms with Crippen LogP contribution in [0.25, 0.3) is 11.3 Å². The number of aromatic amines is 1. The van der Waals surface area contributed by atoms with Crippen molar-refractivity contribution >= 4 is 5.91 Å². The van der Waals surface area contributed by atoms with E-state index in [1.807, 2.05) is 28.6 Å². The van der Waals surface area contributed by atoms with Gasteiger partial charge < -0.3 is 14.6 Å². The number of hydrogen-bond acceptors (Lipinski definition) is 5. The highest BCUT2D eigenvalue weighted by Crippen LogP contribution is 2.34. The fourth-order valence-electron chi connectivity index (χ4n) is 4.42. The summed E-state index contributed by atoms with van der Waals surface area (Å²) in [4.78, 5) is 27.6. The van der Waals surface area contributed by atoms with Gasteiger partial charge in [0.05, 0.1) is 41.8 Å². The van der Waals surface area contributed by atoms with E-state index in [4.69, 9.17) is 4.74 Å².